The number of rotatable bonds is 1. The van der Waals surface area contributed by atoms with Crippen molar-refractivity contribution in [1.82, 2.24) is 4.98 Å². The molecule has 0 bridgehead atoms. The number of nitrogens with zero attached hydrogens (tertiary/aromatic N) is 2. The monoisotopic (exact) mass is 258 g/mol. The summed E-state index contributed by atoms with van der Waals surface area (Å²) in [6, 6.07) is 1.97. The molecule has 1 fully saturated rings. The molecule has 0 N–H and O–H groups in total. The van der Waals surface area contributed by atoms with Crippen molar-refractivity contribution in [2.24, 2.45) is 0 Å². The number of alkyl halides is 3. The fourth-order valence-corrected chi connectivity index (χ4v) is 1.80. The van der Waals surface area contributed by atoms with E-state index >= 15 is 0 Å². The van der Waals surface area contributed by atoms with Gasteiger partial charge in [-0.1, -0.05) is 0 Å². The number of hydrogen-bond acceptors (Lipinski definition) is 3. The van der Waals surface area contributed by atoms with Gasteiger partial charge in [0.1, 0.15) is 5.69 Å². The highest BCUT2D eigenvalue weighted by Gasteiger charge is 2.34. The molecule has 0 aromatic carbocycles. The lowest BCUT2D eigenvalue weighted by Gasteiger charge is -2.17. The summed E-state index contributed by atoms with van der Waals surface area (Å²) in [5, 5.41) is 0. The van der Waals surface area contributed by atoms with Crippen LogP contribution >= 0.6 is 0 Å². The third kappa shape index (κ3) is 2.20. The number of carbonyl (C=O) groups is 2. The van der Waals surface area contributed by atoms with E-state index in [0.29, 0.717) is 0 Å². The maximum atomic E-state index is 12.4. The first-order chi connectivity index (χ1) is 8.29. The Bertz CT molecular complexity index is 526. The number of halogens is 3. The summed E-state index contributed by atoms with van der Waals surface area (Å²) in [6.07, 6.45) is -4.73. The zero-order valence-electron chi connectivity index (χ0n) is 9.41. The van der Waals surface area contributed by atoms with E-state index in [-0.39, 0.29) is 30.1 Å². The van der Waals surface area contributed by atoms with E-state index in [9.17, 15) is 22.8 Å². The minimum Gasteiger partial charge on any atom is -0.303 e. The van der Waals surface area contributed by atoms with E-state index in [2.05, 4.69) is 4.98 Å². The Morgan fingerprint density at radius 1 is 1.28 bits per heavy atom. The molecule has 96 valence electrons. The number of amides is 1. The van der Waals surface area contributed by atoms with E-state index in [0.717, 1.165) is 11.0 Å². The topological polar surface area (TPSA) is 50.3 Å². The number of aryl methyl sites for hydroxylation is 1. The van der Waals surface area contributed by atoms with E-state index in [1.54, 1.807) is 0 Å². The first-order valence-electron chi connectivity index (χ1n) is 5.16. The number of Topliss-reactive ketones (excluding diaryl/α,β-unsaturated/α-hetero) is 1. The fraction of sp³-hybridized carbons (Fsp3) is 0.364. The summed E-state index contributed by atoms with van der Waals surface area (Å²) in [5.74, 6) is -0.663. The van der Waals surface area contributed by atoms with Crippen molar-refractivity contribution in [2.75, 3.05) is 11.4 Å². The van der Waals surface area contributed by atoms with Gasteiger partial charge in [0.2, 0.25) is 5.91 Å². The van der Waals surface area contributed by atoms with Crippen LogP contribution in [-0.2, 0) is 15.8 Å². The van der Waals surface area contributed by atoms with E-state index in [4.69, 9.17) is 0 Å². The molecule has 0 radical (unpaired) electrons. The first kappa shape index (κ1) is 12.5. The molecule has 1 aliphatic rings. The predicted octanol–water partition coefficient (Wildman–Crippen LogP) is 1.71. The minimum atomic E-state index is -4.52. The highest BCUT2D eigenvalue weighted by atomic mass is 19.4. The van der Waals surface area contributed by atoms with Gasteiger partial charge in [-0.15, -0.1) is 0 Å². The average Bonchev–Trinajstić information content (AvgIpc) is 2.56. The van der Waals surface area contributed by atoms with E-state index < -0.39 is 17.8 Å². The summed E-state index contributed by atoms with van der Waals surface area (Å²) >= 11 is 0. The molecule has 2 rings (SSSR count). The second-order valence-electron chi connectivity index (χ2n) is 3.99. The Hall–Kier alpha value is -1.92. The number of pyridine rings is 1. The lowest BCUT2D eigenvalue weighted by molar-refractivity contribution is -0.141. The summed E-state index contributed by atoms with van der Waals surface area (Å²) in [5.41, 5.74) is -0.687. The van der Waals surface area contributed by atoms with Crippen molar-refractivity contribution in [1.29, 1.82) is 0 Å². The summed E-state index contributed by atoms with van der Waals surface area (Å²) < 4.78 is 37.3. The van der Waals surface area contributed by atoms with Crippen molar-refractivity contribution in [3.63, 3.8) is 0 Å². The summed E-state index contributed by atoms with van der Waals surface area (Å²) in [6.45, 7) is 1.27. The number of anilines is 1. The molecule has 0 aliphatic carbocycles. The Balaban J connectivity index is 2.37. The largest absolute Gasteiger partial charge is 0.433 e. The van der Waals surface area contributed by atoms with E-state index in [1.165, 1.54) is 13.0 Å². The van der Waals surface area contributed by atoms with Crippen molar-refractivity contribution < 1.29 is 22.8 Å². The van der Waals surface area contributed by atoms with Gasteiger partial charge >= 0.3 is 6.18 Å². The number of hydrogen-bond donors (Lipinski definition) is 0. The molecule has 7 heteroatoms. The molecule has 1 aromatic rings. The third-order valence-corrected chi connectivity index (χ3v) is 2.62. The maximum Gasteiger partial charge on any atom is 0.433 e. The van der Waals surface area contributed by atoms with Crippen LogP contribution in [0.5, 0.6) is 0 Å². The Labute approximate surface area is 100 Å². The summed E-state index contributed by atoms with van der Waals surface area (Å²) in [7, 11) is 0. The highest BCUT2D eigenvalue weighted by molar-refractivity contribution is 6.15. The van der Waals surface area contributed by atoms with Crippen LogP contribution in [0.4, 0.5) is 18.9 Å². The smallest absolute Gasteiger partial charge is 0.303 e. The zero-order chi connectivity index (χ0) is 13.5. The quantitative estimate of drug-likeness (QED) is 0.720. The highest BCUT2D eigenvalue weighted by Crippen LogP contribution is 2.31. The van der Waals surface area contributed by atoms with E-state index in [1.807, 2.05) is 0 Å². The molecule has 1 aliphatic heterocycles. The molecule has 0 spiro atoms. The van der Waals surface area contributed by atoms with Gasteiger partial charge in [0.25, 0.3) is 0 Å². The number of aromatic nitrogens is 1. The molecular weight excluding hydrogens is 249 g/mol. The van der Waals surface area contributed by atoms with Crippen LogP contribution in [0.2, 0.25) is 0 Å². The first-order valence-corrected chi connectivity index (χ1v) is 5.16. The van der Waals surface area contributed by atoms with Gasteiger partial charge < -0.3 is 4.90 Å². The summed E-state index contributed by atoms with van der Waals surface area (Å²) in [4.78, 5) is 27.2. The molecule has 1 saturated heterocycles. The van der Waals surface area contributed by atoms with Crippen LogP contribution in [0.25, 0.3) is 0 Å². The lowest BCUT2D eigenvalue weighted by Crippen LogP contribution is -2.26. The fourth-order valence-electron chi connectivity index (χ4n) is 1.80. The van der Waals surface area contributed by atoms with Crippen LogP contribution in [0.1, 0.15) is 17.8 Å². The molecule has 1 aromatic heterocycles. The van der Waals surface area contributed by atoms with Gasteiger partial charge in [-0.3, -0.25) is 9.59 Å². The van der Waals surface area contributed by atoms with Gasteiger partial charge in [-0.2, -0.15) is 13.2 Å². The van der Waals surface area contributed by atoms with Gasteiger partial charge in [0.15, 0.2) is 5.78 Å². The molecule has 18 heavy (non-hydrogen) atoms. The van der Waals surface area contributed by atoms with Crippen LogP contribution in [0.15, 0.2) is 12.1 Å². The maximum absolute atomic E-state index is 12.4. The standard InChI is InChI=1S/C11H9F3N2O2/c1-6-8(16-5-7(17)4-10(16)18)2-3-9(15-6)11(12,13)14/h2-3H,4-5H2,1H3. The molecule has 1 amide bonds. The Morgan fingerprint density at radius 2 is 1.94 bits per heavy atom. The molecule has 0 atom stereocenters. The lowest BCUT2D eigenvalue weighted by atomic mass is 10.2. The molecule has 0 saturated carbocycles. The number of ketones is 1. The number of carbonyl (C=O) groups excluding carboxylic acids is 2. The SMILES string of the molecule is Cc1nc(C(F)(F)F)ccc1N1CC(=O)CC1=O. The van der Waals surface area contributed by atoms with Crippen molar-refractivity contribution in [3.8, 4) is 0 Å². The van der Waals surface area contributed by atoms with Crippen molar-refractivity contribution in [2.45, 2.75) is 19.5 Å². The van der Waals surface area contributed by atoms with Gasteiger partial charge in [-0.25, -0.2) is 4.98 Å². The van der Waals surface area contributed by atoms with Gasteiger partial charge in [0, 0.05) is 0 Å². The Kier molecular flexibility index (Phi) is 2.84. The van der Waals surface area contributed by atoms with Crippen LogP contribution < -0.4 is 4.90 Å². The van der Waals surface area contributed by atoms with Gasteiger partial charge in [0.05, 0.1) is 24.3 Å². The van der Waals surface area contributed by atoms with Crippen molar-refractivity contribution >= 4 is 17.4 Å². The second-order valence-corrected chi connectivity index (χ2v) is 3.99. The van der Waals surface area contributed by atoms with Crippen LogP contribution in [0.3, 0.4) is 0 Å². The third-order valence-electron chi connectivity index (χ3n) is 2.62. The minimum absolute atomic E-state index is 0.0767. The second kappa shape index (κ2) is 4.08. The van der Waals surface area contributed by atoms with Crippen LogP contribution in [0, 0.1) is 6.92 Å². The Morgan fingerprint density at radius 3 is 2.39 bits per heavy atom. The average molecular weight is 258 g/mol. The van der Waals surface area contributed by atoms with Crippen molar-refractivity contribution in [3.05, 3.63) is 23.5 Å². The predicted molar refractivity (Wildman–Crippen MR) is 56.0 cm³/mol. The molecular formula is C11H9F3N2O2. The van der Waals surface area contributed by atoms with Gasteiger partial charge in [-0.05, 0) is 19.1 Å². The molecule has 4 nitrogen and oxygen atoms in total. The normalized spacial score (nSPS) is 16.6. The zero-order valence-corrected chi connectivity index (χ0v) is 9.41. The van der Waals surface area contributed by atoms with Crippen LogP contribution in [-0.4, -0.2) is 23.2 Å². The molecule has 2 heterocycles. The molecule has 0 unspecified atom stereocenters.